The molecule has 2 saturated heterocycles. The number of hydrogen-bond acceptors (Lipinski definition) is 5. The van der Waals surface area contributed by atoms with Crippen LogP contribution in [-0.4, -0.2) is 53.6 Å². The number of hydrogen-bond donors (Lipinski definition) is 0. The summed E-state index contributed by atoms with van der Waals surface area (Å²) < 4.78 is 0. The van der Waals surface area contributed by atoms with E-state index in [1.165, 1.54) is 24.3 Å². The van der Waals surface area contributed by atoms with Crippen molar-refractivity contribution in [3.05, 3.63) is 23.9 Å². The third kappa shape index (κ3) is 3.08. The molecule has 4 nitrogen and oxygen atoms in total. The Balaban J connectivity index is 1.56. The normalized spacial score (nSPS) is 21.6. The Hall–Kier alpha value is -1.25. The highest BCUT2D eigenvalue weighted by Gasteiger charge is 2.25. The van der Waals surface area contributed by atoms with Gasteiger partial charge in [0.05, 0.1) is 5.56 Å². The minimum Gasteiger partial charge on any atom is -0.354 e. The Labute approximate surface area is 124 Å². The van der Waals surface area contributed by atoms with Crippen molar-refractivity contribution >= 4 is 17.6 Å². The molecule has 0 spiro atoms. The summed E-state index contributed by atoms with van der Waals surface area (Å²) in [7, 11) is 0. The summed E-state index contributed by atoms with van der Waals surface area (Å²) in [4.78, 5) is 9.37. The van der Waals surface area contributed by atoms with Crippen molar-refractivity contribution in [3.63, 3.8) is 0 Å². The second-order valence-corrected chi connectivity index (χ2v) is 6.61. The molecule has 106 valence electrons. The van der Waals surface area contributed by atoms with Crippen molar-refractivity contribution in [1.82, 2.24) is 9.88 Å². The van der Waals surface area contributed by atoms with E-state index in [2.05, 4.69) is 32.6 Å². The molecule has 1 aromatic heterocycles. The summed E-state index contributed by atoms with van der Waals surface area (Å²) in [5.74, 6) is 3.65. The zero-order valence-electron chi connectivity index (χ0n) is 11.7. The molecule has 20 heavy (non-hydrogen) atoms. The molecule has 0 radical (unpaired) electrons. The van der Waals surface area contributed by atoms with Crippen molar-refractivity contribution in [3.8, 4) is 6.07 Å². The maximum atomic E-state index is 8.81. The molecule has 0 bridgehead atoms. The van der Waals surface area contributed by atoms with Crippen molar-refractivity contribution in [1.29, 1.82) is 5.26 Å². The fraction of sp³-hybridized carbons (Fsp3) is 0.600. The van der Waals surface area contributed by atoms with Gasteiger partial charge in [-0.05, 0) is 36.5 Å². The van der Waals surface area contributed by atoms with Crippen LogP contribution in [0.5, 0.6) is 0 Å². The predicted octanol–water partition coefficient (Wildman–Crippen LogP) is 1.97. The highest BCUT2D eigenvalue weighted by molar-refractivity contribution is 7.99. The van der Waals surface area contributed by atoms with E-state index < -0.39 is 0 Å². The Morgan fingerprint density at radius 1 is 1.15 bits per heavy atom. The molecule has 0 aromatic carbocycles. The fourth-order valence-electron chi connectivity index (χ4n) is 3.01. The lowest BCUT2D eigenvalue weighted by Gasteiger charge is -2.41. The third-order valence-corrected chi connectivity index (χ3v) is 5.27. The highest BCUT2D eigenvalue weighted by atomic mass is 32.2. The first kappa shape index (κ1) is 13.7. The van der Waals surface area contributed by atoms with Crippen molar-refractivity contribution in [2.45, 2.75) is 18.9 Å². The average molecular weight is 288 g/mol. The first-order chi connectivity index (χ1) is 9.86. The standard InChI is InChI=1S/C15H20N4S/c16-11-13-1-2-15(17-12-13)19-7-5-18(6-8-19)14-3-9-20-10-4-14/h1-2,12,14H,3-10H2. The number of piperazine rings is 1. The maximum Gasteiger partial charge on any atom is 0.128 e. The second kappa shape index (κ2) is 6.47. The molecule has 5 heteroatoms. The second-order valence-electron chi connectivity index (χ2n) is 5.38. The molecular formula is C15H20N4S. The molecule has 0 amide bonds. The number of aromatic nitrogens is 1. The van der Waals surface area contributed by atoms with Gasteiger partial charge in [-0.1, -0.05) is 0 Å². The van der Waals surface area contributed by atoms with Crippen LogP contribution in [0.4, 0.5) is 5.82 Å². The summed E-state index contributed by atoms with van der Waals surface area (Å²) in [5, 5.41) is 8.81. The first-order valence-corrected chi connectivity index (χ1v) is 8.45. The van der Waals surface area contributed by atoms with E-state index in [0.717, 1.165) is 38.0 Å². The lowest BCUT2D eigenvalue weighted by atomic mass is 10.1. The van der Waals surface area contributed by atoms with Gasteiger partial charge in [-0.2, -0.15) is 17.0 Å². The first-order valence-electron chi connectivity index (χ1n) is 7.30. The van der Waals surface area contributed by atoms with Crippen molar-refractivity contribution in [2.75, 3.05) is 42.6 Å². The number of rotatable bonds is 2. The van der Waals surface area contributed by atoms with E-state index in [9.17, 15) is 0 Å². The molecule has 2 aliphatic rings. The van der Waals surface area contributed by atoms with Gasteiger partial charge in [0.2, 0.25) is 0 Å². The van der Waals surface area contributed by atoms with Gasteiger partial charge in [0.1, 0.15) is 11.9 Å². The Morgan fingerprint density at radius 2 is 1.90 bits per heavy atom. The monoisotopic (exact) mass is 288 g/mol. The van der Waals surface area contributed by atoms with E-state index in [4.69, 9.17) is 5.26 Å². The molecule has 1 aromatic rings. The predicted molar refractivity (Wildman–Crippen MR) is 83.1 cm³/mol. The maximum absolute atomic E-state index is 8.81. The molecule has 2 fully saturated rings. The minimum atomic E-state index is 0.632. The fourth-order valence-corrected chi connectivity index (χ4v) is 4.09. The largest absolute Gasteiger partial charge is 0.354 e. The van der Waals surface area contributed by atoms with E-state index in [-0.39, 0.29) is 0 Å². The van der Waals surface area contributed by atoms with E-state index >= 15 is 0 Å². The van der Waals surface area contributed by atoms with E-state index in [1.54, 1.807) is 6.20 Å². The summed E-state index contributed by atoms with van der Waals surface area (Å²) in [6, 6.07) is 6.73. The van der Waals surface area contributed by atoms with Crippen LogP contribution >= 0.6 is 11.8 Å². The average Bonchev–Trinajstić information content (AvgIpc) is 2.56. The minimum absolute atomic E-state index is 0.632. The number of nitrogens with zero attached hydrogens (tertiary/aromatic N) is 4. The number of nitriles is 1. The Kier molecular flexibility index (Phi) is 4.44. The topological polar surface area (TPSA) is 43.2 Å². The Bertz CT molecular complexity index is 468. The smallest absolute Gasteiger partial charge is 0.128 e. The van der Waals surface area contributed by atoms with Gasteiger partial charge in [0.15, 0.2) is 0 Å². The van der Waals surface area contributed by atoms with Crippen LogP contribution in [0.2, 0.25) is 0 Å². The van der Waals surface area contributed by atoms with E-state index in [1.807, 2.05) is 12.1 Å². The van der Waals surface area contributed by atoms with Crippen LogP contribution in [0.15, 0.2) is 18.3 Å². The number of thioether (sulfide) groups is 1. The van der Waals surface area contributed by atoms with Crippen LogP contribution in [-0.2, 0) is 0 Å². The van der Waals surface area contributed by atoms with Gasteiger partial charge < -0.3 is 4.90 Å². The third-order valence-electron chi connectivity index (χ3n) is 4.22. The van der Waals surface area contributed by atoms with Crippen molar-refractivity contribution < 1.29 is 0 Å². The van der Waals surface area contributed by atoms with Crippen molar-refractivity contribution in [2.24, 2.45) is 0 Å². The van der Waals surface area contributed by atoms with Gasteiger partial charge in [0, 0.05) is 38.4 Å². The number of pyridine rings is 1. The summed E-state index contributed by atoms with van der Waals surface area (Å²) in [6.45, 7) is 4.36. The van der Waals surface area contributed by atoms with Crippen LogP contribution in [0, 0.1) is 11.3 Å². The lowest BCUT2D eigenvalue weighted by Crippen LogP contribution is -2.51. The Morgan fingerprint density at radius 3 is 2.50 bits per heavy atom. The zero-order valence-corrected chi connectivity index (χ0v) is 12.5. The lowest BCUT2D eigenvalue weighted by molar-refractivity contribution is 0.175. The van der Waals surface area contributed by atoms with Gasteiger partial charge in [-0.25, -0.2) is 4.98 Å². The quantitative estimate of drug-likeness (QED) is 0.832. The van der Waals surface area contributed by atoms with Crippen LogP contribution in [0.3, 0.4) is 0 Å². The zero-order chi connectivity index (χ0) is 13.8. The molecule has 2 aliphatic heterocycles. The summed E-state index contributed by atoms with van der Waals surface area (Å²) in [5.41, 5.74) is 0.632. The van der Waals surface area contributed by atoms with Gasteiger partial charge in [-0.3, -0.25) is 4.90 Å². The molecule has 0 unspecified atom stereocenters. The molecule has 0 aliphatic carbocycles. The van der Waals surface area contributed by atoms with Crippen LogP contribution in [0.25, 0.3) is 0 Å². The molecule has 0 atom stereocenters. The van der Waals surface area contributed by atoms with E-state index in [0.29, 0.717) is 5.56 Å². The molecule has 3 rings (SSSR count). The molecule has 0 saturated carbocycles. The number of anilines is 1. The summed E-state index contributed by atoms with van der Waals surface area (Å²) >= 11 is 2.09. The van der Waals surface area contributed by atoms with Gasteiger partial charge in [0.25, 0.3) is 0 Å². The highest BCUT2D eigenvalue weighted by Crippen LogP contribution is 2.23. The van der Waals surface area contributed by atoms with Crippen LogP contribution < -0.4 is 4.90 Å². The van der Waals surface area contributed by atoms with Gasteiger partial charge >= 0.3 is 0 Å². The molecular weight excluding hydrogens is 268 g/mol. The molecule has 3 heterocycles. The van der Waals surface area contributed by atoms with Crippen LogP contribution in [0.1, 0.15) is 18.4 Å². The van der Waals surface area contributed by atoms with Gasteiger partial charge in [-0.15, -0.1) is 0 Å². The summed E-state index contributed by atoms with van der Waals surface area (Å²) in [6.07, 6.45) is 4.36. The molecule has 0 N–H and O–H groups in total. The SMILES string of the molecule is N#Cc1ccc(N2CCN(C3CCSCC3)CC2)nc1.